The Bertz CT molecular complexity index is 764. The minimum Gasteiger partial charge on any atom is -0.493 e. The molecule has 1 atom stereocenters. The molecule has 1 amide bonds. The van der Waals surface area contributed by atoms with Gasteiger partial charge in [0.15, 0.2) is 0 Å². The van der Waals surface area contributed by atoms with E-state index in [1.807, 2.05) is 12.1 Å². The normalized spacial score (nSPS) is 23.1. The van der Waals surface area contributed by atoms with Gasteiger partial charge in [-0.05, 0) is 48.9 Å². The Morgan fingerprint density at radius 3 is 2.96 bits per heavy atom. The highest BCUT2D eigenvalue weighted by atomic mass is 16.5. The maximum absolute atomic E-state index is 12.6. The molecule has 0 unspecified atom stereocenters. The Labute approximate surface area is 139 Å². The molecule has 2 aromatic rings. The third-order valence-corrected chi connectivity index (χ3v) is 4.98. The molecule has 24 heavy (non-hydrogen) atoms. The summed E-state index contributed by atoms with van der Waals surface area (Å²) in [5.41, 5.74) is 2.68. The molecule has 0 bridgehead atoms. The number of amides is 1. The molecular formula is C18H20N2O4. The molecule has 0 spiro atoms. The van der Waals surface area contributed by atoms with E-state index in [9.17, 15) is 9.90 Å². The third-order valence-electron chi connectivity index (χ3n) is 4.98. The number of benzene rings is 1. The van der Waals surface area contributed by atoms with Crippen LogP contribution in [0.5, 0.6) is 5.75 Å². The Kier molecular flexibility index (Phi) is 3.76. The molecular weight excluding hydrogens is 308 g/mol. The van der Waals surface area contributed by atoms with E-state index in [2.05, 4.69) is 16.5 Å². The zero-order valence-electron chi connectivity index (χ0n) is 13.5. The molecule has 6 nitrogen and oxygen atoms in total. The second-order valence-electron chi connectivity index (χ2n) is 6.60. The van der Waals surface area contributed by atoms with Gasteiger partial charge in [-0.1, -0.05) is 11.2 Å². The third kappa shape index (κ3) is 2.67. The first-order chi connectivity index (χ1) is 11.6. The highest BCUT2D eigenvalue weighted by Gasteiger charge is 2.36. The van der Waals surface area contributed by atoms with Gasteiger partial charge in [0.2, 0.25) is 0 Å². The molecule has 0 radical (unpaired) electrons. The van der Waals surface area contributed by atoms with Gasteiger partial charge < -0.3 is 19.7 Å². The van der Waals surface area contributed by atoms with Gasteiger partial charge in [0.05, 0.1) is 24.9 Å². The molecule has 4 rings (SSSR count). The second kappa shape index (κ2) is 5.94. The van der Waals surface area contributed by atoms with E-state index >= 15 is 0 Å². The molecule has 2 N–H and O–H groups in total. The molecule has 1 aromatic carbocycles. The number of hydrogen-bond donors (Lipinski definition) is 2. The van der Waals surface area contributed by atoms with Gasteiger partial charge in [0.25, 0.3) is 5.91 Å². The number of ether oxygens (including phenoxy) is 1. The number of carbonyl (C=O) groups is 1. The van der Waals surface area contributed by atoms with Crippen molar-refractivity contribution in [3.05, 3.63) is 46.8 Å². The molecule has 2 heterocycles. The summed E-state index contributed by atoms with van der Waals surface area (Å²) in [4.78, 5) is 12.6. The fourth-order valence-corrected chi connectivity index (χ4v) is 3.51. The van der Waals surface area contributed by atoms with Crippen molar-refractivity contribution in [3.8, 4) is 5.75 Å². The minimum atomic E-state index is -0.274. The van der Waals surface area contributed by atoms with Crippen LogP contribution in [0, 0.1) is 12.8 Å². The summed E-state index contributed by atoms with van der Waals surface area (Å²) in [5.74, 6) is 1.45. The fourth-order valence-electron chi connectivity index (χ4n) is 3.51. The molecule has 0 saturated heterocycles. The van der Waals surface area contributed by atoms with Crippen LogP contribution in [-0.2, 0) is 6.42 Å². The van der Waals surface area contributed by atoms with Gasteiger partial charge in [0.1, 0.15) is 17.1 Å². The van der Waals surface area contributed by atoms with Crippen molar-refractivity contribution >= 4 is 5.91 Å². The summed E-state index contributed by atoms with van der Waals surface area (Å²) in [7, 11) is 0. The smallest absolute Gasteiger partial charge is 0.257 e. The lowest BCUT2D eigenvalue weighted by Gasteiger charge is -2.38. The molecule has 6 heteroatoms. The van der Waals surface area contributed by atoms with E-state index in [0.717, 1.165) is 17.7 Å². The zero-order chi connectivity index (χ0) is 16.7. The van der Waals surface area contributed by atoms with Gasteiger partial charge in [-0.2, -0.15) is 0 Å². The number of aliphatic hydroxyl groups is 1. The number of rotatable bonds is 4. The average Bonchev–Trinajstić information content (AvgIpc) is 3.17. The topological polar surface area (TPSA) is 84.6 Å². The quantitative estimate of drug-likeness (QED) is 0.898. The highest BCUT2D eigenvalue weighted by Crippen LogP contribution is 2.40. The molecule has 2 aliphatic rings. The number of aliphatic hydroxyl groups excluding tert-OH is 1. The van der Waals surface area contributed by atoms with Crippen molar-refractivity contribution in [2.75, 3.05) is 6.61 Å². The van der Waals surface area contributed by atoms with E-state index in [0.29, 0.717) is 30.8 Å². The van der Waals surface area contributed by atoms with Gasteiger partial charge in [0, 0.05) is 6.42 Å². The van der Waals surface area contributed by atoms with Crippen LogP contribution in [0.25, 0.3) is 0 Å². The van der Waals surface area contributed by atoms with Gasteiger partial charge in [-0.25, -0.2) is 0 Å². The lowest BCUT2D eigenvalue weighted by Crippen LogP contribution is -2.41. The number of carbonyl (C=O) groups excluding carboxylic acids is 1. The van der Waals surface area contributed by atoms with Crippen molar-refractivity contribution in [3.63, 3.8) is 0 Å². The van der Waals surface area contributed by atoms with Gasteiger partial charge >= 0.3 is 0 Å². The van der Waals surface area contributed by atoms with Crippen LogP contribution < -0.4 is 10.1 Å². The molecule has 1 saturated carbocycles. The lowest BCUT2D eigenvalue weighted by molar-refractivity contribution is 0.0235. The highest BCUT2D eigenvalue weighted by molar-refractivity contribution is 5.95. The molecule has 1 fully saturated rings. The summed E-state index contributed by atoms with van der Waals surface area (Å²) >= 11 is 0. The van der Waals surface area contributed by atoms with Gasteiger partial charge in [-0.15, -0.1) is 0 Å². The lowest BCUT2D eigenvalue weighted by atomic mass is 9.74. The minimum absolute atomic E-state index is 0.138. The number of nitrogens with zero attached hydrogens (tertiary/aromatic N) is 1. The van der Waals surface area contributed by atoms with Crippen molar-refractivity contribution < 1.29 is 19.2 Å². The van der Waals surface area contributed by atoms with E-state index in [1.54, 1.807) is 6.92 Å². The molecule has 1 aliphatic heterocycles. The van der Waals surface area contributed by atoms with E-state index in [1.165, 1.54) is 11.8 Å². The van der Waals surface area contributed by atoms with Crippen LogP contribution >= 0.6 is 0 Å². The van der Waals surface area contributed by atoms with Crippen molar-refractivity contribution in [2.24, 2.45) is 5.92 Å². The molecule has 1 aliphatic carbocycles. The summed E-state index contributed by atoms with van der Waals surface area (Å²) in [6.07, 6.45) is 3.45. The first kappa shape index (κ1) is 15.2. The van der Waals surface area contributed by atoms with Crippen LogP contribution in [-0.4, -0.2) is 28.9 Å². The Morgan fingerprint density at radius 1 is 1.42 bits per heavy atom. The van der Waals surface area contributed by atoms with Gasteiger partial charge in [-0.3, -0.25) is 4.79 Å². The number of fused-ring (bicyclic) bond motifs is 1. The van der Waals surface area contributed by atoms with Crippen LogP contribution in [0.1, 0.15) is 46.1 Å². The first-order valence-electron chi connectivity index (χ1n) is 8.27. The zero-order valence-corrected chi connectivity index (χ0v) is 13.5. The molecule has 1 aromatic heterocycles. The molecule has 126 valence electrons. The Morgan fingerprint density at radius 2 is 2.25 bits per heavy atom. The first-order valence-corrected chi connectivity index (χ1v) is 8.27. The summed E-state index contributed by atoms with van der Waals surface area (Å²) in [5, 5.41) is 16.4. The average molecular weight is 328 g/mol. The van der Waals surface area contributed by atoms with Crippen LogP contribution in [0.3, 0.4) is 0 Å². The summed E-state index contributed by atoms with van der Waals surface area (Å²) < 4.78 is 10.5. The number of aromatic nitrogens is 1. The number of nitrogens with one attached hydrogen (secondary N) is 1. The summed E-state index contributed by atoms with van der Waals surface area (Å²) in [6.45, 7) is 2.43. The van der Waals surface area contributed by atoms with E-state index < -0.39 is 0 Å². The van der Waals surface area contributed by atoms with Crippen LogP contribution in [0.2, 0.25) is 0 Å². The largest absolute Gasteiger partial charge is 0.493 e. The summed E-state index contributed by atoms with van der Waals surface area (Å²) in [6, 6.07) is 5.94. The van der Waals surface area contributed by atoms with Crippen molar-refractivity contribution in [1.82, 2.24) is 10.5 Å². The van der Waals surface area contributed by atoms with E-state index in [4.69, 9.17) is 9.26 Å². The predicted octanol–water partition coefficient (Wildman–Crippen LogP) is 2.16. The number of aryl methyl sites for hydroxylation is 1. The maximum atomic E-state index is 12.6. The number of hydrogen-bond acceptors (Lipinski definition) is 5. The monoisotopic (exact) mass is 328 g/mol. The maximum Gasteiger partial charge on any atom is 0.257 e. The Balaban J connectivity index is 1.60. The van der Waals surface area contributed by atoms with E-state index in [-0.39, 0.29) is 24.0 Å². The van der Waals surface area contributed by atoms with Crippen molar-refractivity contribution in [1.29, 1.82) is 0 Å². The SMILES string of the molecule is Cc1oncc1C(=O)N[C@@H](c1ccc2c(c1)CCO2)C1CC(O)C1. The second-order valence-corrected chi connectivity index (χ2v) is 6.60. The Hall–Kier alpha value is -2.34. The van der Waals surface area contributed by atoms with Crippen LogP contribution in [0.4, 0.5) is 0 Å². The predicted molar refractivity (Wildman–Crippen MR) is 85.8 cm³/mol. The van der Waals surface area contributed by atoms with Crippen molar-refractivity contribution in [2.45, 2.75) is 38.3 Å². The standard InChI is InChI=1S/C18H20N2O4/c1-10-15(9-19-24-10)18(22)20-17(13-7-14(21)8-13)12-2-3-16-11(6-12)4-5-23-16/h2-3,6,9,13-14,17,21H,4-5,7-8H2,1H3,(H,20,22)/t13?,14?,17-/m0/s1. The van der Waals surface area contributed by atoms with Crippen LogP contribution in [0.15, 0.2) is 28.9 Å². The fraction of sp³-hybridized carbons (Fsp3) is 0.444.